The minimum atomic E-state index is -0.295. The third-order valence-corrected chi connectivity index (χ3v) is 3.52. The van der Waals surface area contributed by atoms with Gasteiger partial charge in [-0.1, -0.05) is 24.3 Å². The normalized spacial score (nSPS) is 11.3. The molecule has 2 rings (SSSR count). The molecule has 0 aliphatic heterocycles. The van der Waals surface area contributed by atoms with E-state index in [9.17, 15) is 0 Å². The molecule has 18 heavy (non-hydrogen) atoms. The lowest BCUT2D eigenvalue weighted by Crippen LogP contribution is -2.14. The van der Waals surface area contributed by atoms with Gasteiger partial charge in [0.1, 0.15) is 0 Å². The molecule has 0 bridgehead atoms. The third-order valence-electron chi connectivity index (χ3n) is 2.54. The molecule has 0 aliphatic carbocycles. The lowest BCUT2D eigenvalue weighted by atomic mass is 10.1. The fourth-order valence-electron chi connectivity index (χ4n) is 1.57. The first-order valence-electron chi connectivity index (χ1n) is 5.09. The molecule has 0 unspecified atom stereocenters. The van der Waals surface area contributed by atoms with Gasteiger partial charge in [0.25, 0.3) is 0 Å². The lowest BCUT2D eigenvalue weighted by Gasteiger charge is -2.08. The van der Waals surface area contributed by atoms with Gasteiger partial charge in [0.15, 0.2) is 0 Å². The number of thiazole rings is 1. The van der Waals surface area contributed by atoms with Crippen LogP contribution in [0, 0.1) is 6.92 Å². The van der Waals surface area contributed by atoms with Crippen LogP contribution in [0.3, 0.4) is 0 Å². The van der Waals surface area contributed by atoms with E-state index in [0.29, 0.717) is 0 Å². The number of aryl methyl sites for hydroxylation is 1. The average molecular weight is 307 g/mol. The number of nitrogens with two attached hydrogens (primary N) is 1. The molecule has 0 saturated carbocycles. The highest BCUT2D eigenvalue weighted by atomic mass is 35.5. The second kappa shape index (κ2) is 7.71. The summed E-state index contributed by atoms with van der Waals surface area (Å²) in [6, 6.07) is 7.65. The molecule has 0 amide bonds. The molecule has 0 saturated heterocycles. The van der Waals surface area contributed by atoms with E-state index in [1.807, 2.05) is 36.7 Å². The number of nitrogens with zero attached hydrogens (tertiary/aromatic N) is 1. The molecule has 100 valence electrons. The van der Waals surface area contributed by atoms with E-state index in [4.69, 9.17) is 10.8 Å². The van der Waals surface area contributed by atoms with Gasteiger partial charge in [-0.15, -0.1) is 36.2 Å². The monoisotopic (exact) mass is 306 g/mol. The van der Waals surface area contributed by atoms with Crippen LogP contribution in [-0.4, -0.2) is 16.7 Å². The smallest absolute Gasteiger partial charge is 0.0801 e. The van der Waals surface area contributed by atoms with Crippen LogP contribution >= 0.6 is 36.2 Å². The molecule has 1 heterocycles. The molecule has 0 spiro atoms. The van der Waals surface area contributed by atoms with E-state index >= 15 is 0 Å². The topological polar surface area (TPSA) is 59.1 Å². The number of aliphatic hydroxyl groups excluding tert-OH is 1. The Morgan fingerprint density at radius 3 is 2.33 bits per heavy atom. The van der Waals surface area contributed by atoms with E-state index in [1.165, 1.54) is 4.88 Å². The molecule has 1 aromatic carbocycles. The Hall–Kier alpha value is -0.650. The summed E-state index contributed by atoms with van der Waals surface area (Å²) in [5.74, 6) is 0. The lowest BCUT2D eigenvalue weighted by molar-refractivity contribution is 0.268. The summed E-state index contributed by atoms with van der Waals surface area (Å²) in [4.78, 5) is 5.40. The van der Waals surface area contributed by atoms with Gasteiger partial charge in [0, 0.05) is 0 Å². The molecule has 1 aromatic heterocycles. The molecule has 0 aliphatic rings. The van der Waals surface area contributed by atoms with Crippen molar-refractivity contribution in [3.05, 3.63) is 41.0 Å². The van der Waals surface area contributed by atoms with Crippen LogP contribution in [0.5, 0.6) is 0 Å². The van der Waals surface area contributed by atoms with Gasteiger partial charge in [-0.25, -0.2) is 4.98 Å². The van der Waals surface area contributed by atoms with Crippen molar-refractivity contribution >= 4 is 36.2 Å². The average Bonchev–Trinajstić information content (AvgIpc) is 2.75. The van der Waals surface area contributed by atoms with Crippen LogP contribution in [0.2, 0.25) is 0 Å². The summed E-state index contributed by atoms with van der Waals surface area (Å²) in [5.41, 5.74) is 10.7. The highest BCUT2D eigenvalue weighted by Crippen LogP contribution is 2.27. The second-order valence-corrected chi connectivity index (χ2v) is 4.53. The van der Waals surface area contributed by atoms with Crippen molar-refractivity contribution in [2.75, 3.05) is 6.61 Å². The highest BCUT2D eigenvalue weighted by molar-refractivity contribution is 7.13. The minimum absolute atomic E-state index is 0. The molecular formula is C12H16Cl2N2OS. The standard InChI is InChI=1S/C12H14N2OS.2ClH/c1-8-12(16-7-14-8)10-4-2-9(3-5-10)11(13)6-15;;/h2-5,7,11,15H,6,13H2,1H3;2*1H/t11-;;/m0../s1. The molecular weight excluding hydrogens is 291 g/mol. The minimum Gasteiger partial charge on any atom is -0.394 e. The van der Waals surface area contributed by atoms with Crippen molar-refractivity contribution in [2.24, 2.45) is 5.73 Å². The summed E-state index contributed by atoms with van der Waals surface area (Å²) in [6.07, 6.45) is 0. The fraction of sp³-hybridized carbons (Fsp3) is 0.250. The number of halogens is 2. The Labute approximate surface area is 123 Å². The van der Waals surface area contributed by atoms with Crippen molar-refractivity contribution in [1.29, 1.82) is 0 Å². The summed E-state index contributed by atoms with van der Waals surface area (Å²) in [6.45, 7) is 1.97. The Morgan fingerprint density at radius 2 is 1.89 bits per heavy atom. The van der Waals surface area contributed by atoms with Crippen molar-refractivity contribution in [3.8, 4) is 10.4 Å². The van der Waals surface area contributed by atoms with E-state index in [0.717, 1.165) is 16.8 Å². The van der Waals surface area contributed by atoms with E-state index in [2.05, 4.69) is 4.98 Å². The van der Waals surface area contributed by atoms with Crippen LogP contribution in [0.4, 0.5) is 0 Å². The SMILES string of the molecule is Cc1ncsc1-c1ccc([C@@H](N)CO)cc1.Cl.Cl. The largest absolute Gasteiger partial charge is 0.394 e. The highest BCUT2D eigenvalue weighted by Gasteiger charge is 2.07. The first-order chi connectivity index (χ1) is 7.72. The number of aromatic nitrogens is 1. The maximum Gasteiger partial charge on any atom is 0.0801 e. The van der Waals surface area contributed by atoms with Crippen molar-refractivity contribution < 1.29 is 5.11 Å². The number of rotatable bonds is 3. The van der Waals surface area contributed by atoms with Crippen LogP contribution in [-0.2, 0) is 0 Å². The van der Waals surface area contributed by atoms with E-state index in [-0.39, 0.29) is 37.5 Å². The van der Waals surface area contributed by atoms with Gasteiger partial charge in [-0.05, 0) is 18.1 Å². The number of benzene rings is 1. The number of hydrogen-bond acceptors (Lipinski definition) is 4. The Bertz CT molecular complexity index is 473. The fourth-order valence-corrected chi connectivity index (χ4v) is 2.38. The van der Waals surface area contributed by atoms with Gasteiger partial charge < -0.3 is 10.8 Å². The summed E-state index contributed by atoms with van der Waals surface area (Å²) in [7, 11) is 0. The predicted molar refractivity (Wildman–Crippen MR) is 80.8 cm³/mol. The van der Waals surface area contributed by atoms with Crippen molar-refractivity contribution in [2.45, 2.75) is 13.0 Å². The second-order valence-electron chi connectivity index (χ2n) is 3.68. The Kier molecular flexibility index (Phi) is 7.43. The van der Waals surface area contributed by atoms with Gasteiger partial charge in [0.05, 0.1) is 28.7 Å². The summed E-state index contributed by atoms with van der Waals surface area (Å²) >= 11 is 1.63. The molecule has 1 atom stereocenters. The van der Waals surface area contributed by atoms with Crippen LogP contribution < -0.4 is 5.73 Å². The zero-order chi connectivity index (χ0) is 11.5. The first-order valence-corrected chi connectivity index (χ1v) is 5.97. The van der Waals surface area contributed by atoms with Gasteiger partial charge in [-0.3, -0.25) is 0 Å². The number of hydrogen-bond donors (Lipinski definition) is 2. The maximum atomic E-state index is 8.95. The Balaban J connectivity index is 0.00000144. The van der Waals surface area contributed by atoms with Crippen molar-refractivity contribution in [1.82, 2.24) is 4.98 Å². The van der Waals surface area contributed by atoms with Gasteiger partial charge >= 0.3 is 0 Å². The molecule has 0 fully saturated rings. The quantitative estimate of drug-likeness (QED) is 0.916. The zero-order valence-electron chi connectivity index (χ0n) is 9.87. The van der Waals surface area contributed by atoms with Crippen molar-refractivity contribution in [3.63, 3.8) is 0 Å². The van der Waals surface area contributed by atoms with Crippen LogP contribution in [0.15, 0.2) is 29.8 Å². The van der Waals surface area contributed by atoms with Gasteiger partial charge in [0.2, 0.25) is 0 Å². The zero-order valence-corrected chi connectivity index (χ0v) is 12.3. The Morgan fingerprint density at radius 1 is 1.28 bits per heavy atom. The third kappa shape index (κ3) is 3.67. The number of aliphatic hydroxyl groups is 1. The predicted octanol–water partition coefficient (Wildman–Crippen LogP) is 2.95. The molecule has 3 N–H and O–H groups in total. The molecule has 0 radical (unpaired) electrons. The van der Waals surface area contributed by atoms with E-state index in [1.54, 1.807) is 11.3 Å². The van der Waals surface area contributed by atoms with Gasteiger partial charge in [-0.2, -0.15) is 0 Å². The van der Waals surface area contributed by atoms with E-state index < -0.39 is 0 Å². The first kappa shape index (κ1) is 17.4. The maximum absolute atomic E-state index is 8.95. The molecule has 2 aromatic rings. The summed E-state index contributed by atoms with van der Waals surface area (Å²) < 4.78 is 0. The van der Waals surface area contributed by atoms with Crippen LogP contribution in [0.1, 0.15) is 17.3 Å². The van der Waals surface area contributed by atoms with Crippen LogP contribution in [0.25, 0.3) is 10.4 Å². The molecule has 3 nitrogen and oxygen atoms in total. The summed E-state index contributed by atoms with van der Waals surface area (Å²) in [5, 5.41) is 8.95. The molecule has 6 heteroatoms.